The average Bonchev–Trinajstić information content (AvgIpc) is 2.46. The third kappa shape index (κ3) is 3.51. The molecule has 1 amide bonds. The zero-order valence-electron chi connectivity index (χ0n) is 12.1. The fourth-order valence-corrected chi connectivity index (χ4v) is 2.57. The molecule has 0 aliphatic carbocycles. The molecule has 1 saturated heterocycles. The second-order valence-electron chi connectivity index (χ2n) is 5.87. The summed E-state index contributed by atoms with van der Waals surface area (Å²) in [4.78, 5) is 13.4. The summed E-state index contributed by atoms with van der Waals surface area (Å²) >= 11 is 0. The van der Waals surface area contributed by atoms with Crippen LogP contribution in [0.15, 0.2) is 24.3 Å². The molecule has 0 spiro atoms. The fraction of sp³-hybridized carbons (Fsp3) is 0.500. The molecule has 0 saturated carbocycles. The van der Waals surface area contributed by atoms with Gasteiger partial charge >= 0.3 is 0 Å². The molecule has 1 aromatic carbocycles. The van der Waals surface area contributed by atoms with E-state index in [2.05, 4.69) is 23.2 Å². The molecule has 0 unspecified atom stereocenters. The monoisotopic (exact) mass is 271 g/mol. The Bertz CT molecular complexity index is 508. The van der Waals surface area contributed by atoms with E-state index in [0.29, 0.717) is 5.56 Å². The quantitative estimate of drug-likeness (QED) is 0.917. The number of nitriles is 1. The normalized spacial score (nSPS) is 17.4. The van der Waals surface area contributed by atoms with E-state index in [1.54, 1.807) is 6.92 Å². The van der Waals surface area contributed by atoms with E-state index in [-0.39, 0.29) is 11.3 Å². The van der Waals surface area contributed by atoms with Gasteiger partial charge in [-0.2, -0.15) is 5.26 Å². The second kappa shape index (κ2) is 5.96. The molecule has 0 radical (unpaired) electrons. The summed E-state index contributed by atoms with van der Waals surface area (Å²) in [6.07, 6.45) is 2.13. The lowest BCUT2D eigenvalue weighted by molar-refractivity contribution is -0.119. The van der Waals surface area contributed by atoms with Crippen LogP contribution in [0.3, 0.4) is 0 Å². The molecule has 4 nitrogen and oxygen atoms in total. The van der Waals surface area contributed by atoms with Gasteiger partial charge in [-0.25, -0.2) is 0 Å². The van der Waals surface area contributed by atoms with E-state index in [9.17, 15) is 4.79 Å². The van der Waals surface area contributed by atoms with Gasteiger partial charge in [-0.1, -0.05) is 6.92 Å². The van der Waals surface area contributed by atoms with E-state index in [0.717, 1.165) is 32.5 Å². The molecule has 1 N–H and O–H groups in total. The van der Waals surface area contributed by atoms with Crippen molar-refractivity contribution in [2.24, 2.45) is 5.41 Å². The highest BCUT2D eigenvalue weighted by atomic mass is 16.1. The zero-order valence-corrected chi connectivity index (χ0v) is 12.1. The highest BCUT2D eigenvalue weighted by molar-refractivity contribution is 5.72. The van der Waals surface area contributed by atoms with Crippen LogP contribution in [0.25, 0.3) is 0 Å². The predicted molar refractivity (Wildman–Crippen MR) is 79.4 cm³/mol. The molecule has 4 heteroatoms. The first kappa shape index (κ1) is 14.4. The first-order valence-electron chi connectivity index (χ1n) is 7.02. The Kier molecular flexibility index (Phi) is 4.29. The van der Waals surface area contributed by atoms with Gasteiger partial charge in [0, 0.05) is 32.2 Å². The molecular formula is C16H21N3O. The maximum Gasteiger partial charge on any atom is 0.216 e. The van der Waals surface area contributed by atoms with Crippen LogP contribution in [-0.2, 0) is 4.79 Å². The molecule has 0 bridgehead atoms. The molecule has 0 aromatic heterocycles. The highest BCUT2D eigenvalue weighted by Crippen LogP contribution is 2.32. The summed E-state index contributed by atoms with van der Waals surface area (Å²) in [6, 6.07) is 9.88. The van der Waals surface area contributed by atoms with Crippen LogP contribution < -0.4 is 10.2 Å². The van der Waals surface area contributed by atoms with Crippen LogP contribution in [-0.4, -0.2) is 25.5 Å². The number of anilines is 1. The van der Waals surface area contributed by atoms with Crippen molar-refractivity contribution in [1.29, 1.82) is 5.26 Å². The second-order valence-corrected chi connectivity index (χ2v) is 5.87. The Hall–Kier alpha value is -2.02. The van der Waals surface area contributed by atoms with Crippen LogP contribution in [0.5, 0.6) is 0 Å². The SMILES string of the molecule is CC(=O)NCC1(C)CCN(c2ccc(C#N)cc2)CC1. The Morgan fingerprint density at radius 1 is 1.35 bits per heavy atom. The maximum atomic E-state index is 11.0. The number of benzene rings is 1. The molecule has 2 rings (SSSR count). The lowest BCUT2D eigenvalue weighted by Crippen LogP contribution is -2.44. The van der Waals surface area contributed by atoms with E-state index in [1.165, 1.54) is 5.69 Å². The molecule has 20 heavy (non-hydrogen) atoms. The topological polar surface area (TPSA) is 56.1 Å². The number of carbonyl (C=O) groups is 1. The van der Waals surface area contributed by atoms with E-state index < -0.39 is 0 Å². The molecule has 106 valence electrons. The van der Waals surface area contributed by atoms with Crippen molar-refractivity contribution >= 4 is 11.6 Å². The molecule has 1 aliphatic heterocycles. The third-order valence-electron chi connectivity index (χ3n) is 4.10. The minimum absolute atomic E-state index is 0.0424. The Morgan fingerprint density at radius 3 is 2.45 bits per heavy atom. The average molecular weight is 271 g/mol. The summed E-state index contributed by atoms with van der Waals surface area (Å²) in [5, 5.41) is 11.7. The summed E-state index contributed by atoms with van der Waals surface area (Å²) in [5.41, 5.74) is 2.06. The van der Waals surface area contributed by atoms with Gasteiger partial charge in [0.1, 0.15) is 0 Å². The minimum Gasteiger partial charge on any atom is -0.371 e. The van der Waals surface area contributed by atoms with Gasteiger partial charge < -0.3 is 10.2 Å². The van der Waals surface area contributed by atoms with E-state index in [4.69, 9.17) is 5.26 Å². The number of carbonyl (C=O) groups excluding carboxylic acids is 1. The summed E-state index contributed by atoms with van der Waals surface area (Å²) < 4.78 is 0. The lowest BCUT2D eigenvalue weighted by Gasteiger charge is -2.40. The van der Waals surface area contributed by atoms with Gasteiger partial charge in [-0.3, -0.25) is 4.79 Å². The first-order valence-corrected chi connectivity index (χ1v) is 7.02. The van der Waals surface area contributed by atoms with Crippen molar-refractivity contribution in [3.8, 4) is 6.07 Å². The molecule has 0 atom stereocenters. The molecule has 1 aliphatic rings. The Labute approximate surface area is 120 Å². The number of rotatable bonds is 3. The molecule has 1 fully saturated rings. The first-order chi connectivity index (χ1) is 9.52. The highest BCUT2D eigenvalue weighted by Gasteiger charge is 2.30. The summed E-state index contributed by atoms with van der Waals surface area (Å²) in [6.45, 7) is 6.53. The van der Waals surface area contributed by atoms with Gasteiger partial charge in [-0.15, -0.1) is 0 Å². The van der Waals surface area contributed by atoms with Crippen molar-refractivity contribution in [1.82, 2.24) is 5.32 Å². The number of nitrogens with one attached hydrogen (secondary N) is 1. The smallest absolute Gasteiger partial charge is 0.216 e. The number of nitrogens with zero attached hydrogens (tertiary/aromatic N) is 2. The molecule has 1 heterocycles. The van der Waals surface area contributed by atoms with E-state index >= 15 is 0 Å². The maximum absolute atomic E-state index is 11.0. The van der Waals surface area contributed by atoms with Crippen molar-refractivity contribution < 1.29 is 4.79 Å². The van der Waals surface area contributed by atoms with Crippen molar-refractivity contribution in [3.05, 3.63) is 29.8 Å². The van der Waals surface area contributed by atoms with Crippen LogP contribution in [0, 0.1) is 16.7 Å². The van der Waals surface area contributed by atoms with Crippen molar-refractivity contribution in [3.63, 3.8) is 0 Å². The minimum atomic E-state index is 0.0424. The Balaban J connectivity index is 1.93. The van der Waals surface area contributed by atoms with Crippen LogP contribution in [0.4, 0.5) is 5.69 Å². The standard InChI is InChI=1S/C16H21N3O/c1-13(20)18-12-16(2)7-9-19(10-8-16)15-5-3-14(11-17)4-6-15/h3-6H,7-10,12H2,1-2H3,(H,18,20). The van der Waals surface area contributed by atoms with Gasteiger partial charge in [0.05, 0.1) is 11.6 Å². The summed E-state index contributed by atoms with van der Waals surface area (Å²) in [5.74, 6) is 0.0424. The van der Waals surface area contributed by atoms with Gasteiger partial charge in [-0.05, 0) is 42.5 Å². The fourth-order valence-electron chi connectivity index (χ4n) is 2.57. The third-order valence-corrected chi connectivity index (χ3v) is 4.10. The zero-order chi connectivity index (χ0) is 14.6. The summed E-state index contributed by atoms with van der Waals surface area (Å²) in [7, 11) is 0. The number of amides is 1. The van der Waals surface area contributed by atoms with Crippen LogP contribution in [0.2, 0.25) is 0 Å². The molecule has 1 aromatic rings. The van der Waals surface area contributed by atoms with Gasteiger partial charge in [0.25, 0.3) is 0 Å². The largest absolute Gasteiger partial charge is 0.371 e. The van der Waals surface area contributed by atoms with Crippen LogP contribution in [0.1, 0.15) is 32.3 Å². The number of hydrogen-bond donors (Lipinski definition) is 1. The lowest BCUT2D eigenvalue weighted by atomic mass is 9.80. The number of piperidine rings is 1. The number of hydrogen-bond acceptors (Lipinski definition) is 3. The van der Waals surface area contributed by atoms with Gasteiger partial charge in [0.2, 0.25) is 5.91 Å². The molecular weight excluding hydrogens is 250 g/mol. The van der Waals surface area contributed by atoms with Gasteiger partial charge in [0.15, 0.2) is 0 Å². The Morgan fingerprint density at radius 2 is 1.95 bits per heavy atom. The predicted octanol–water partition coefficient (Wildman–Crippen LogP) is 2.30. The van der Waals surface area contributed by atoms with Crippen molar-refractivity contribution in [2.75, 3.05) is 24.5 Å². The van der Waals surface area contributed by atoms with Crippen LogP contribution >= 0.6 is 0 Å². The van der Waals surface area contributed by atoms with Crippen molar-refractivity contribution in [2.45, 2.75) is 26.7 Å². The van der Waals surface area contributed by atoms with E-state index in [1.807, 2.05) is 24.3 Å².